The van der Waals surface area contributed by atoms with Crippen LogP contribution < -0.4 is 0 Å². The zero-order chi connectivity index (χ0) is 12.4. The minimum absolute atomic E-state index is 0.173. The summed E-state index contributed by atoms with van der Waals surface area (Å²) in [4.78, 5) is 13.3. The number of carbonyl (C=O) groups is 1. The second-order valence-corrected chi connectivity index (χ2v) is 4.83. The molecule has 2 heterocycles. The molecule has 1 aromatic rings. The van der Waals surface area contributed by atoms with Crippen LogP contribution in [0.15, 0.2) is 12.3 Å². The van der Waals surface area contributed by atoms with E-state index in [9.17, 15) is 4.79 Å². The monoisotopic (exact) mass is 237 g/mol. The molecule has 94 valence electrons. The van der Waals surface area contributed by atoms with Crippen LogP contribution in [0.3, 0.4) is 0 Å². The maximum Gasteiger partial charge on any atom is 0.306 e. The summed E-state index contributed by atoms with van der Waals surface area (Å²) in [6.07, 6.45) is 3.29. The average molecular weight is 237 g/mol. The Morgan fingerprint density at radius 2 is 2.41 bits per heavy atom. The normalized spacial score (nSPS) is 26.0. The lowest BCUT2D eigenvalue weighted by Crippen LogP contribution is -2.42. The van der Waals surface area contributed by atoms with Gasteiger partial charge in [0.25, 0.3) is 0 Å². The molecule has 0 bridgehead atoms. The van der Waals surface area contributed by atoms with E-state index in [1.807, 2.05) is 17.8 Å². The Kier molecular flexibility index (Phi) is 3.47. The van der Waals surface area contributed by atoms with Gasteiger partial charge in [0, 0.05) is 25.8 Å². The molecule has 2 rings (SSSR count). The average Bonchev–Trinajstić information content (AvgIpc) is 2.67. The lowest BCUT2D eigenvalue weighted by molar-refractivity contribution is -0.144. The summed E-state index contributed by atoms with van der Waals surface area (Å²) in [5, 5.41) is 13.2. The Bertz CT molecular complexity index is 402. The first-order valence-electron chi connectivity index (χ1n) is 6.01. The molecule has 1 N–H and O–H groups in total. The molecule has 2 atom stereocenters. The Morgan fingerprint density at radius 1 is 1.65 bits per heavy atom. The summed E-state index contributed by atoms with van der Waals surface area (Å²) in [6.45, 7) is 3.80. The van der Waals surface area contributed by atoms with E-state index in [0.29, 0.717) is 6.04 Å². The van der Waals surface area contributed by atoms with Crippen LogP contribution in [0.2, 0.25) is 0 Å². The maximum absolute atomic E-state index is 10.9. The number of rotatable bonds is 3. The fourth-order valence-corrected chi connectivity index (χ4v) is 2.44. The van der Waals surface area contributed by atoms with Crippen LogP contribution in [0, 0.1) is 5.92 Å². The quantitative estimate of drug-likeness (QED) is 0.855. The standard InChI is InChI=1S/C12H19N3O2/c1-9-7-10(12(16)17)4-6-15(9)8-11-3-5-13-14(11)2/h3,5,9-10H,4,6-8H2,1-2H3,(H,16,17). The maximum atomic E-state index is 10.9. The van der Waals surface area contributed by atoms with Crippen molar-refractivity contribution in [2.24, 2.45) is 13.0 Å². The van der Waals surface area contributed by atoms with Gasteiger partial charge in [-0.2, -0.15) is 5.10 Å². The van der Waals surface area contributed by atoms with E-state index in [4.69, 9.17) is 5.11 Å². The molecule has 1 aliphatic heterocycles. The Hall–Kier alpha value is -1.36. The van der Waals surface area contributed by atoms with Crippen LogP contribution >= 0.6 is 0 Å². The van der Waals surface area contributed by atoms with Gasteiger partial charge in [-0.15, -0.1) is 0 Å². The Balaban J connectivity index is 1.96. The number of aliphatic carboxylic acids is 1. The summed E-state index contributed by atoms with van der Waals surface area (Å²) >= 11 is 0. The molecule has 1 saturated heterocycles. The molecule has 0 spiro atoms. The van der Waals surface area contributed by atoms with Gasteiger partial charge in [-0.3, -0.25) is 14.4 Å². The van der Waals surface area contributed by atoms with E-state index in [1.165, 1.54) is 5.69 Å². The zero-order valence-corrected chi connectivity index (χ0v) is 10.3. The van der Waals surface area contributed by atoms with Crippen LogP contribution in [0.5, 0.6) is 0 Å². The fraction of sp³-hybridized carbons (Fsp3) is 0.667. The zero-order valence-electron chi connectivity index (χ0n) is 10.3. The third kappa shape index (κ3) is 2.66. The molecule has 0 saturated carbocycles. The first kappa shape index (κ1) is 12.1. The number of hydrogen-bond acceptors (Lipinski definition) is 3. The van der Waals surface area contributed by atoms with Crippen LogP contribution in [-0.2, 0) is 18.4 Å². The highest BCUT2D eigenvalue weighted by atomic mass is 16.4. The molecule has 1 aliphatic rings. The van der Waals surface area contributed by atoms with Crippen molar-refractivity contribution in [2.75, 3.05) is 6.54 Å². The van der Waals surface area contributed by atoms with Gasteiger partial charge in [-0.25, -0.2) is 0 Å². The third-order valence-corrected chi connectivity index (χ3v) is 3.65. The first-order valence-corrected chi connectivity index (χ1v) is 6.01. The molecule has 2 unspecified atom stereocenters. The summed E-state index contributed by atoms with van der Waals surface area (Å²) in [5.41, 5.74) is 1.17. The van der Waals surface area contributed by atoms with Crippen molar-refractivity contribution < 1.29 is 9.90 Å². The van der Waals surface area contributed by atoms with E-state index >= 15 is 0 Å². The van der Waals surface area contributed by atoms with Gasteiger partial charge in [0.15, 0.2) is 0 Å². The first-order chi connectivity index (χ1) is 8.08. The lowest BCUT2D eigenvalue weighted by atomic mass is 9.91. The molecular formula is C12H19N3O2. The van der Waals surface area contributed by atoms with Gasteiger partial charge >= 0.3 is 5.97 Å². The molecule has 0 aliphatic carbocycles. The number of carboxylic acid groups (broad SMARTS) is 1. The summed E-state index contributed by atoms with van der Waals surface area (Å²) < 4.78 is 1.87. The van der Waals surface area contributed by atoms with Gasteiger partial charge in [0.1, 0.15) is 0 Å². The van der Waals surface area contributed by atoms with Crippen molar-refractivity contribution >= 4 is 5.97 Å². The second-order valence-electron chi connectivity index (χ2n) is 4.83. The van der Waals surface area contributed by atoms with E-state index in [-0.39, 0.29) is 5.92 Å². The van der Waals surface area contributed by atoms with Gasteiger partial charge in [-0.1, -0.05) is 0 Å². The van der Waals surface area contributed by atoms with Gasteiger partial charge in [-0.05, 0) is 32.4 Å². The molecule has 0 radical (unpaired) electrons. The molecule has 1 aromatic heterocycles. The molecule has 1 fully saturated rings. The highest BCUT2D eigenvalue weighted by molar-refractivity contribution is 5.70. The Morgan fingerprint density at radius 3 is 2.94 bits per heavy atom. The van der Waals surface area contributed by atoms with E-state index in [1.54, 1.807) is 6.20 Å². The predicted molar refractivity (Wildman–Crippen MR) is 63.4 cm³/mol. The molecule has 0 aromatic carbocycles. The molecule has 5 nitrogen and oxygen atoms in total. The van der Waals surface area contributed by atoms with Gasteiger partial charge in [0.2, 0.25) is 0 Å². The Labute approximate surface area is 101 Å². The number of piperidine rings is 1. The minimum atomic E-state index is -0.656. The summed E-state index contributed by atoms with van der Waals surface area (Å²) in [6, 6.07) is 2.33. The van der Waals surface area contributed by atoms with Crippen LogP contribution in [-0.4, -0.2) is 38.3 Å². The fourth-order valence-electron chi connectivity index (χ4n) is 2.44. The van der Waals surface area contributed by atoms with Crippen molar-refractivity contribution in [3.8, 4) is 0 Å². The number of nitrogens with zero attached hydrogens (tertiary/aromatic N) is 3. The van der Waals surface area contributed by atoms with E-state index < -0.39 is 5.97 Å². The largest absolute Gasteiger partial charge is 0.481 e. The van der Waals surface area contributed by atoms with Gasteiger partial charge < -0.3 is 5.11 Å². The van der Waals surface area contributed by atoms with Crippen molar-refractivity contribution in [1.29, 1.82) is 0 Å². The second kappa shape index (κ2) is 4.87. The number of aryl methyl sites for hydroxylation is 1. The summed E-state index contributed by atoms with van der Waals surface area (Å²) in [7, 11) is 1.93. The van der Waals surface area contributed by atoms with Crippen molar-refractivity contribution in [2.45, 2.75) is 32.4 Å². The van der Waals surface area contributed by atoms with E-state index in [0.717, 1.165) is 25.9 Å². The lowest BCUT2D eigenvalue weighted by Gasteiger charge is -2.36. The van der Waals surface area contributed by atoms with Gasteiger partial charge in [0.05, 0.1) is 11.6 Å². The highest BCUT2D eigenvalue weighted by Gasteiger charge is 2.29. The highest BCUT2D eigenvalue weighted by Crippen LogP contribution is 2.24. The van der Waals surface area contributed by atoms with Crippen molar-refractivity contribution in [3.05, 3.63) is 18.0 Å². The number of carboxylic acids is 1. The minimum Gasteiger partial charge on any atom is -0.481 e. The van der Waals surface area contributed by atoms with Crippen LogP contribution in [0.1, 0.15) is 25.5 Å². The van der Waals surface area contributed by atoms with Crippen LogP contribution in [0.4, 0.5) is 0 Å². The molecule has 17 heavy (non-hydrogen) atoms. The van der Waals surface area contributed by atoms with Crippen molar-refractivity contribution in [1.82, 2.24) is 14.7 Å². The SMILES string of the molecule is CC1CC(C(=O)O)CCN1Cc1ccnn1C. The predicted octanol–water partition coefficient (Wildman–Crippen LogP) is 1.11. The summed E-state index contributed by atoms with van der Waals surface area (Å²) in [5.74, 6) is -0.829. The molecule has 0 amide bonds. The van der Waals surface area contributed by atoms with Crippen LogP contribution in [0.25, 0.3) is 0 Å². The van der Waals surface area contributed by atoms with E-state index in [2.05, 4.69) is 16.9 Å². The number of hydrogen-bond donors (Lipinski definition) is 1. The topological polar surface area (TPSA) is 58.4 Å². The third-order valence-electron chi connectivity index (χ3n) is 3.65. The molecular weight excluding hydrogens is 218 g/mol. The van der Waals surface area contributed by atoms with Crippen molar-refractivity contribution in [3.63, 3.8) is 0 Å². The smallest absolute Gasteiger partial charge is 0.306 e. The number of likely N-dealkylation sites (tertiary alicyclic amines) is 1. The number of aromatic nitrogens is 2. The molecule has 5 heteroatoms.